The van der Waals surface area contributed by atoms with Gasteiger partial charge < -0.3 is 14.8 Å². The van der Waals surface area contributed by atoms with Crippen LogP contribution in [0.25, 0.3) is 0 Å². The summed E-state index contributed by atoms with van der Waals surface area (Å²) < 4.78 is 9.55. The van der Waals surface area contributed by atoms with E-state index in [0.29, 0.717) is 10.6 Å². The highest BCUT2D eigenvalue weighted by Crippen LogP contribution is 2.15. The number of benzene rings is 1. The molecule has 3 rings (SSSR count). The molecule has 0 bridgehead atoms. The molecular weight excluding hydrogens is 360 g/mol. The van der Waals surface area contributed by atoms with Crippen LogP contribution < -0.4 is 5.32 Å². The van der Waals surface area contributed by atoms with Gasteiger partial charge in [0.15, 0.2) is 6.61 Å². The molecule has 134 valence electrons. The van der Waals surface area contributed by atoms with Crippen molar-refractivity contribution in [3.05, 3.63) is 52.2 Å². The summed E-state index contributed by atoms with van der Waals surface area (Å²) in [6.45, 7) is -0.268. The lowest BCUT2D eigenvalue weighted by atomic mass is 10.2. The Morgan fingerprint density at radius 3 is 2.58 bits per heavy atom. The maximum atomic E-state index is 12.0. The number of carbonyl (C=O) groups excluding carboxylic acids is 4. The summed E-state index contributed by atoms with van der Waals surface area (Å²) in [7, 11) is 0. The summed E-state index contributed by atoms with van der Waals surface area (Å²) in [4.78, 5) is 48.4. The van der Waals surface area contributed by atoms with Crippen LogP contribution in [0.3, 0.4) is 0 Å². The van der Waals surface area contributed by atoms with Crippen molar-refractivity contribution in [2.45, 2.75) is 0 Å². The van der Waals surface area contributed by atoms with Crippen molar-refractivity contribution in [1.29, 1.82) is 0 Å². The third kappa shape index (κ3) is 4.06. The maximum absolute atomic E-state index is 12.0. The second-order valence-corrected chi connectivity index (χ2v) is 6.19. The smallest absolute Gasteiger partial charge is 0.416 e. The number of nitrogens with one attached hydrogen (secondary N) is 1. The van der Waals surface area contributed by atoms with Gasteiger partial charge in [-0.25, -0.2) is 14.5 Å². The largest absolute Gasteiger partial charge is 0.452 e. The highest BCUT2D eigenvalue weighted by atomic mass is 32.1. The van der Waals surface area contributed by atoms with Gasteiger partial charge in [0.1, 0.15) is 6.61 Å². The first-order chi connectivity index (χ1) is 12.5. The number of rotatable bonds is 5. The molecule has 1 aromatic carbocycles. The summed E-state index contributed by atoms with van der Waals surface area (Å²) >= 11 is 1.32. The molecule has 0 atom stereocenters. The van der Waals surface area contributed by atoms with Crippen LogP contribution in [0.2, 0.25) is 0 Å². The Bertz CT molecular complexity index is 831. The number of carbonyl (C=O) groups is 4. The third-order valence-electron chi connectivity index (χ3n) is 3.51. The Morgan fingerprint density at radius 1 is 1.19 bits per heavy atom. The minimum absolute atomic E-state index is 0.136. The molecule has 0 unspecified atom stereocenters. The van der Waals surface area contributed by atoms with Gasteiger partial charge in [-0.15, -0.1) is 11.3 Å². The molecule has 1 N–H and O–H groups in total. The summed E-state index contributed by atoms with van der Waals surface area (Å²) in [5, 5.41) is 4.51. The van der Waals surface area contributed by atoms with Gasteiger partial charge in [0, 0.05) is 5.69 Å². The first-order valence-electron chi connectivity index (χ1n) is 7.64. The lowest BCUT2D eigenvalue weighted by Gasteiger charge is -2.11. The summed E-state index contributed by atoms with van der Waals surface area (Å²) in [5.41, 5.74) is 0.742. The first kappa shape index (κ1) is 17.6. The predicted octanol–water partition coefficient (Wildman–Crippen LogP) is 2.14. The van der Waals surface area contributed by atoms with Gasteiger partial charge in [0.2, 0.25) is 0 Å². The Balaban J connectivity index is 1.52. The number of nitrogens with zero attached hydrogens (tertiary/aromatic N) is 1. The summed E-state index contributed by atoms with van der Waals surface area (Å²) in [5.74, 6) is -1.58. The molecule has 9 heteroatoms. The van der Waals surface area contributed by atoms with E-state index < -0.39 is 24.6 Å². The van der Waals surface area contributed by atoms with E-state index in [4.69, 9.17) is 4.74 Å². The minimum Gasteiger partial charge on any atom is -0.452 e. The van der Waals surface area contributed by atoms with Gasteiger partial charge >= 0.3 is 12.1 Å². The number of ether oxygens (including phenoxy) is 2. The molecule has 0 radical (unpaired) electrons. The maximum Gasteiger partial charge on any atom is 0.416 e. The SMILES string of the molecule is O=C(OCC(=O)N1CCOC1=O)c1ccc(NC(=O)c2cccs2)cc1. The van der Waals surface area contributed by atoms with Crippen molar-refractivity contribution in [2.24, 2.45) is 0 Å². The van der Waals surface area contributed by atoms with Crippen LogP contribution in [-0.2, 0) is 14.3 Å². The van der Waals surface area contributed by atoms with Crippen LogP contribution in [0.4, 0.5) is 10.5 Å². The molecular formula is C17H14N2O6S. The van der Waals surface area contributed by atoms with Gasteiger partial charge in [0.25, 0.3) is 11.8 Å². The first-order valence-corrected chi connectivity index (χ1v) is 8.52. The molecule has 26 heavy (non-hydrogen) atoms. The zero-order chi connectivity index (χ0) is 18.5. The molecule has 1 aliphatic rings. The molecule has 1 fully saturated rings. The van der Waals surface area contributed by atoms with Crippen LogP contribution in [0.15, 0.2) is 41.8 Å². The second kappa shape index (κ2) is 7.79. The quantitative estimate of drug-likeness (QED) is 0.805. The number of imide groups is 1. The molecule has 2 aromatic rings. The van der Waals surface area contributed by atoms with Gasteiger partial charge in [-0.3, -0.25) is 9.59 Å². The van der Waals surface area contributed by atoms with E-state index in [2.05, 4.69) is 10.1 Å². The Hall–Kier alpha value is -3.20. The van der Waals surface area contributed by atoms with E-state index in [9.17, 15) is 19.2 Å². The number of thiophene rings is 1. The molecule has 3 amide bonds. The number of hydrogen-bond acceptors (Lipinski definition) is 7. The predicted molar refractivity (Wildman–Crippen MR) is 92.1 cm³/mol. The zero-order valence-electron chi connectivity index (χ0n) is 13.5. The zero-order valence-corrected chi connectivity index (χ0v) is 14.3. The number of esters is 1. The van der Waals surface area contributed by atoms with Gasteiger partial charge in [0.05, 0.1) is 17.0 Å². The molecule has 0 aliphatic carbocycles. The van der Waals surface area contributed by atoms with E-state index in [0.717, 1.165) is 4.90 Å². The van der Waals surface area contributed by atoms with Gasteiger partial charge in [-0.2, -0.15) is 0 Å². The Morgan fingerprint density at radius 2 is 1.96 bits per heavy atom. The molecule has 8 nitrogen and oxygen atoms in total. The van der Waals surface area contributed by atoms with Crippen molar-refractivity contribution in [1.82, 2.24) is 4.90 Å². The van der Waals surface area contributed by atoms with Gasteiger partial charge in [-0.05, 0) is 35.7 Å². The van der Waals surface area contributed by atoms with Crippen molar-refractivity contribution in [3.8, 4) is 0 Å². The van der Waals surface area contributed by atoms with Crippen LogP contribution in [0.1, 0.15) is 20.0 Å². The average molecular weight is 374 g/mol. The number of amides is 3. The topological polar surface area (TPSA) is 102 Å². The number of anilines is 1. The van der Waals surface area contributed by atoms with Crippen molar-refractivity contribution < 1.29 is 28.7 Å². The third-order valence-corrected chi connectivity index (χ3v) is 4.38. The molecule has 0 spiro atoms. The molecule has 0 saturated carbocycles. The van der Waals surface area contributed by atoms with Crippen LogP contribution in [0.5, 0.6) is 0 Å². The number of cyclic esters (lactones) is 1. The Labute approximate surface area is 152 Å². The normalized spacial score (nSPS) is 13.2. The second-order valence-electron chi connectivity index (χ2n) is 5.24. The van der Waals surface area contributed by atoms with E-state index in [1.807, 2.05) is 0 Å². The van der Waals surface area contributed by atoms with E-state index in [-0.39, 0.29) is 24.6 Å². The van der Waals surface area contributed by atoms with Gasteiger partial charge in [-0.1, -0.05) is 6.07 Å². The molecule has 1 aliphatic heterocycles. The van der Waals surface area contributed by atoms with Crippen LogP contribution >= 0.6 is 11.3 Å². The number of hydrogen-bond donors (Lipinski definition) is 1. The fourth-order valence-corrected chi connectivity index (χ4v) is 2.82. The van der Waals surface area contributed by atoms with Crippen LogP contribution in [0, 0.1) is 0 Å². The standard InChI is InChI=1S/C17H14N2O6S/c20-14(19-7-8-24-17(19)23)10-25-16(22)11-3-5-12(6-4-11)18-15(21)13-2-1-9-26-13/h1-6,9H,7-8,10H2,(H,18,21). The molecule has 2 heterocycles. The minimum atomic E-state index is -0.739. The van der Waals surface area contributed by atoms with E-state index in [1.165, 1.54) is 23.5 Å². The fourth-order valence-electron chi connectivity index (χ4n) is 2.20. The van der Waals surface area contributed by atoms with E-state index >= 15 is 0 Å². The lowest BCUT2D eigenvalue weighted by molar-refractivity contribution is -0.131. The molecule has 1 saturated heterocycles. The monoisotopic (exact) mass is 374 g/mol. The van der Waals surface area contributed by atoms with Crippen molar-refractivity contribution in [3.63, 3.8) is 0 Å². The fraction of sp³-hybridized carbons (Fsp3) is 0.176. The highest BCUT2D eigenvalue weighted by Gasteiger charge is 2.29. The Kier molecular flexibility index (Phi) is 5.28. The van der Waals surface area contributed by atoms with Crippen molar-refractivity contribution in [2.75, 3.05) is 25.1 Å². The summed E-state index contributed by atoms with van der Waals surface area (Å²) in [6, 6.07) is 9.55. The average Bonchev–Trinajstić information content (AvgIpc) is 3.31. The summed E-state index contributed by atoms with van der Waals surface area (Å²) in [6.07, 6.45) is -0.739. The van der Waals surface area contributed by atoms with E-state index in [1.54, 1.807) is 29.6 Å². The highest BCUT2D eigenvalue weighted by molar-refractivity contribution is 7.12. The lowest BCUT2D eigenvalue weighted by Crippen LogP contribution is -2.35. The van der Waals surface area contributed by atoms with Crippen molar-refractivity contribution >= 4 is 40.9 Å². The molecule has 1 aromatic heterocycles. The van der Waals surface area contributed by atoms with Crippen LogP contribution in [-0.4, -0.2) is 48.5 Å².